The number of thiocarbonyl (C=S) groups is 1. The number of phenols is 1. The van der Waals surface area contributed by atoms with Crippen LogP contribution in [0.4, 0.5) is 0 Å². The lowest BCUT2D eigenvalue weighted by atomic mass is 10.0. The Labute approximate surface area is 240 Å². The molecule has 5 rings (SSSR count). The number of piperidine rings is 1. The number of aromatic hydroxyl groups is 1. The third-order valence-electron chi connectivity index (χ3n) is 6.81. The van der Waals surface area contributed by atoms with Crippen LogP contribution in [-0.2, 0) is 6.54 Å². The summed E-state index contributed by atoms with van der Waals surface area (Å²) in [6, 6.07) is 14.7. The first-order chi connectivity index (χ1) is 19.3. The van der Waals surface area contributed by atoms with Gasteiger partial charge in [-0.1, -0.05) is 24.4 Å². The van der Waals surface area contributed by atoms with Crippen molar-refractivity contribution in [3.05, 3.63) is 92.4 Å². The van der Waals surface area contributed by atoms with Crippen LogP contribution in [0.3, 0.4) is 0 Å². The predicted octanol–water partition coefficient (Wildman–Crippen LogP) is 3.87. The largest absolute Gasteiger partial charge is 0.507 e. The number of likely N-dealkylation sites (tertiary alicyclic amines) is 1. The summed E-state index contributed by atoms with van der Waals surface area (Å²) in [4.78, 5) is 33.6. The van der Waals surface area contributed by atoms with Crippen molar-refractivity contribution in [1.82, 2.24) is 24.9 Å². The zero-order valence-electron chi connectivity index (χ0n) is 21.7. The summed E-state index contributed by atoms with van der Waals surface area (Å²) in [7, 11) is 0. The number of aromatic amines is 1. The molecule has 0 atom stereocenters. The Morgan fingerprint density at radius 3 is 2.77 bits per heavy atom. The molecule has 40 heavy (non-hydrogen) atoms. The molecule has 206 valence electrons. The fourth-order valence-electron chi connectivity index (χ4n) is 4.78. The van der Waals surface area contributed by atoms with Crippen LogP contribution in [0.15, 0.2) is 69.4 Å². The molecule has 1 saturated heterocycles. The van der Waals surface area contributed by atoms with E-state index in [4.69, 9.17) is 21.9 Å². The molecule has 12 heteroatoms. The van der Waals surface area contributed by atoms with Crippen molar-refractivity contribution in [2.45, 2.75) is 32.4 Å². The molecule has 0 unspecified atom stereocenters. The Balaban J connectivity index is 1.32. The van der Waals surface area contributed by atoms with Crippen molar-refractivity contribution >= 4 is 46.3 Å². The minimum atomic E-state index is -0.364. The Kier molecular flexibility index (Phi) is 8.29. The van der Waals surface area contributed by atoms with E-state index in [9.17, 15) is 14.7 Å². The first-order valence-corrected chi connectivity index (χ1v) is 13.6. The second-order valence-electron chi connectivity index (χ2n) is 9.61. The number of phenolic OH excluding ortho intramolecular Hbond substituents is 1. The maximum Gasteiger partial charge on any atom is 0.328 e. The summed E-state index contributed by atoms with van der Waals surface area (Å²) in [5.74, 6) is 1.11. The van der Waals surface area contributed by atoms with E-state index < -0.39 is 0 Å². The highest BCUT2D eigenvalue weighted by Crippen LogP contribution is 2.33. The van der Waals surface area contributed by atoms with E-state index in [1.54, 1.807) is 29.8 Å². The molecule has 1 fully saturated rings. The van der Waals surface area contributed by atoms with Crippen LogP contribution in [0, 0.1) is 6.92 Å². The van der Waals surface area contributed by atoms with Gasteiger partial charge in [-0.15, -0.1) is 12.6 Å². The molecule has 2 aromatic carbocycles. The van der Waals surface area contributed by atoms with Crippen molar-refractivity contribution in [1.29, 1.82) is 0 Å². The van der Waals surface area contributed by atoms with Crippen LogP contribution in [0.1, 0.15) is 35.7 Å². The number of para-hydroxylation sites is 1. The van der Waals surface area contributed by atoms with Gasteiger partial charge in [-0.05, 0) is 44.0 Å². The molecule has 3 N–H and O–H groups in total. The van der Waals surface area contributed by atoms with E-state index in [1.165, 1.54) is 12.3 Å². The number of hydrazone groups is 1. The molecule has 0 radical (unpaired) electrons. The molecule has 0 saturated carbocycles. The Morgan fingerprint density at radius 1 is 1.25 bits per heavy atom. The number of hydrogen-bond acceptors (Lipinski definition) is 8. The smallest absolute Gasteiger partial charge is 0.328 e. The van der Waals surface area contributed by atoms with Gasteiger partial charge in [0.05, 0.1) is 17.4 Å². The first kappa shape index (κ1) is 27.6. The zero-order valence-corrected chi connectivity index (χ0v) is 23.4. The number of nitrogens with zero attached hydrogens (tertiary/aromatic N) is 4. The third-order valence-corrected chi connectivity index (χ3v) is 7.00. The number of benzene rings is 2. The lowest BCUT2D eigenvalue weighted by molar-refractivity contribution is 0.175. The normalized spacial score (nSPS) is 14.6. The van der Waals surface area contributed by atoms with Gasteiger partial charge < -0.3 is 9.84 Å². The summed E-state index contributed by atoms with van der Waals surface area (Å²) in [5.41, 5.74) is 4.51. The van der Waals surface area contributed by atoms with E-state index in [-0.39, 0.29) is 27.4 Å². The van der Waals surface area contributed by atoms with Gasteiger partial charge in [0, 0.05) is 60.5 Å². The maximum absolute atomic E-state index is 12.3. The van der Waals surface area contributed by atoms with Crippen LogP contribution >= 0.6 is 24.8 Å². The molecular formula is C28H28N6O4S2. The molecule has 0 aliphatic carbocycles. The monoisotopic (exact) mass is 576 g/mol. The Hall–Kier alpha value is -4.00. The van der Waals surface area contributed by atoms with Crippen molar-refractivity contribution in [2.24, 2.45) is 5.10 Å². The minimum Gasteiger partial charge on any atom is -0.507 e. The molecule has 3 heterocycles. The van der Waals surface area contributed by atoms with Crippen LogP contribution in [0.2, 0.25) is 0 Å². The quantitative estimate of drug-likeness (QED) is 0.113. The summed E-state index contributed by atoms with van der Waals surface area (Å²) < 4.78 is 8.10. The number of aromatic nitrogens is 3. The van der Waals surface area contributed by atoms with Gasteiger partial charge in [-0.3, -0.25) is 29.7 Å². The molecule has 10 nitrogen and oxygen atoms in total. The average Bonchev–Trinajstić information content (AvgIpc) is 2.92. The van der Waals surface area contributed by atoms with Gasteiger partial charge in [0.25, 0.3) is 5.56 Å². The van der Waals surface area contributed by atoms with E-state index in [2.05, 4.69) is 33.0 Å². The fraction of sp³-hybridized carbons (Fsp3) is 0.250. The van der Waals surface area contributed by atoms with Gasteiger partial charge in [0.15, 0.2) is 4.32 Å². The molecule has 0 amide bonds. The lowest BCUT2D eigenvalue weighted by Gasteiger charge is -2.32. The third kappa shape index (κ3) is 6.41. The van der Waals surface area contributed by atoms with Gasteiger partial charge in [-0.25, -0.2) is 4.79 Å². The Bertz CT molecular complexity index is 1710. The molecule has 4 aromatic rings. The molecule has 0 bridgehead atoms. The fourth-order valence-corrected chi connectivity index (χ4v) is 4.89. The van der Waals surface area contributed by atoms with Crippen molar-refractivity contribution in [2.75, 3.05) is 13.1 Å². The van der Waals surface area contributed by atoms with E-state index >= 15 is 0 Å². The number of rotatable bonds is 7. The number of pyridine rings is 1. The van der Waals surface area contributed by atoms with E-state index in [0.29, 0.717) is 29.2 Å². The highest BCUT2D eigenvalue weighted by molar-refractivity contribution is 8.11. The van der Waals surface area contributed by atoms with E-state index in [1.807, 2.05) is 30.3 Å². The van der Waals surface area contributed by atoms with Crippen LogP contribution in [-0.4, -0.2) is 48.2 Å². The van der Waals surface area contributed by atoms with Crippen molar-refractivity contribution < 1.29 is 9.84 Å². The standard InChI is InChI=1S/C28H28N6O4S2/c1-17-15-34(27(37)31-26(17)36)20-8-10-33(11-9-20)16-19-12-25(22-4-2-3-5-23(22)30-19)38-21-7-6-18(24(35)13-21)14-29-32-28(39)40/h2-7,12-15,20,35H,8-11,16H2,1H3,(H,31,36,37)(H2,32,39,40)/b29-14+. The Morgan fingerprint density at radius 2 is 2.02 bits per heavy atom. The van der Waals surface area contributed by atoms with E-state index in [0.717, 1.165) is 42.5 Å². The highest BCUT2D eigenvalue weighted by atomic mass is 32.1. The van der Waals surface area contributed by atoms with Crippen molar-refractivity contribution in [3.63, 3.8) is 0 Å². The number of thiol groups is 1. The number of aryl methyl sites for hydroxylation is 1. The maximum atomic E-state index is 12.3. The van der Waals surface area contributed by atoms with Crippen LogP contribution < -0.4 is 21.4 Å². The van der Waals surface area contributed by atoms with Crippen LogP contribution in [0.25, 0.3) is 10.9 Å². The highest BCUT2D eigenvalue weighted by Gasteiger charge is 2.23. The molecular weight excluding hydrogens is 548 g/mol. The van der Waals surface area contributed by atoms with Crippen molar-refractivity contribution in [3.8, 4) is 17.2 Å². The number of H-pyrrole nitrogens is 1. The predicted molar refractivity (Wildman–Crippen MR) is 162 cm³/mol. The number of fused-ring (bicyclic) bond motifs is 1. The zero-order chi connectivity index (χ0) is 28.2. The molecule has 1 aliphatic heterocycles. The number of hydrogen-bond donors (Lipinski definition) is 4. The topological polar surface area (TPSA) is 125 Å². The molecule has 0 spiro atoms. The lowest BCUT2D eigenvalue weighted by Crippen LogP contribution is -2.39. The second kappa shape index (κ2) is 12.0. The second-order valence-corrected chi connectivity index (χ2v) is 10.8. The van der Waals surface area contributed by atoms with Gasteiger partial charge >= 0.3 is 5.69 Å². The van der Waals surface area contributed by atoms with Crippen LogP contribution in [0.5, 0.6) is 17.2 Å². The summed E-state index contributed by atoms with van der Waals surface area (Å²) in [5, 5.41) is 15.2. The average molecular weight is 577 g/mol. The van der Waals surface area contributed by atoms with Gasteiger partial charge in [0.1, 0.15) is 17.2 Å². The minimum absolute atomic E-state index is 0.00591. The number of nitrogens with one attached hydrogen (secondary N) is 2. The number of ether oxygens (including phenoxy) is 1. The van der Waals surface area contributed by atoms with Gasteiger partial charge in [-0.2, -0.15) is 5.10 Å². The van der Waals surface area contributed by atoms with Gasteiger partial charge in [0.2, 0.25) is 0 Å². The SMILES string of the molecule is Cc1cn(C2CCN(Cc3cc(Oc4ccc(/C=N/NC(=S)S)c(O)c4)c4ccccc4n3)CC2)c(=O)[nH]c1=O. The summed E-state index contributed by atoms with van der Waals surface area (Å²) in [6.07, 6.45) is 4.67. The summed E-state index contributed by atoms with van der Waals surface area (Å²) >= 11 is 8.75. The molecule has 1 aliphatic rings. The first-order valence-electron chi connectivity index (χ1n) is 12.7. The summed E-state index contributed by atoms with van der Waals surface area (Å²) in [6.45, 7) is 3.89. The molecule has 2 aromatic heterocycles.